The predicted octanol–water partition coefficient (Wildman–Crippen LogP) is -1.04. The van der Waals surface area contributed by atoms with E-state index < -0.39 is 5.54 Å². The van der Waals surface area contributed by atoms with E-state index in [0.29, 0.717) is 12.8 Å². The fraction of sp³-hybridized carbons (Fsp3) is 0.800. The monoisotopic (exact) mass is 244 g/mol. The number of carbonyl (C=O) groups is 1. The molecule has 0 unspecified atom stereocenters. The highest BCUT2D eigenvalue weighted by Gasteiger charge is 2.39. The van der Waals surface area contributed by atoms with Crippen LogP contribution in [0.15, 0.2) is 5.16 Å². The number of likely N-dealkylation sites (tertiary alicyclic amines) is 1. The molecule has 1 saturated heterocycles. The number of nitrogens with one attached hydrogen (secondary N) is 1. The summed E-state index contributed by atoms with van der Waals surface area (Å²) in [5, 5.41) is 14.7. The summed E-state index contributed by atoms with van der Waals surface area (Å²) in [7, 11) is 3.44. The van der Waals surface area contributed by atoms with Gasteiger partial charge in [-0.05, 0) is 19.9 Å². The average molecular weight is 244 g/mol. The van der Waals surface area contributed by atoms with Crippen LogP contribution < -0.4 is 11.1 Å². The van der Waals surface area contributed by atoms with Crippen LogP contribution in [0.2, 0.25) is 0 Å². The first kappa shape index (κ1) is 13.7. The molecule has 4 N–H and O–H groups in total. The summed E-state index contributed by atoms with van der Waals surface area (Å²) in [6.45, 7) is 1.53. The summed E-state index contributed by atoms with van der Waals surface area (Å²) >= 11 is 0. The predicted molar refractivity (Wildman–Crippen MR) is 62.9 cm³/mol. The number of oxime groups is 1. The van der Waals surface area contributed by atoms with Crippen molar-refractivity contribution in [1.29, 1.82) is 0 Å². The highest BCUT2D eigenvalue weighted by atomic mass is 16.5. The van der Waals surface area contributed by atoms with E-state index >= 15 is 0 Å². The topological polar surface area (TPSA) is 100 Å². The lowest BCUT2D eigenvalue weighted by Crippen LogP contribution is -2.62. The summed E-state index contributed by atoms with van der Waals surface area (Å²) in [6.07, 6.45) is 1.24. The Morgan fingerprint density at radius 1 is 1.59 bits per heavy atom. The van der Waals surface area contributed by atoms with Crippen molar-refractivity contribution in [2.45, 2.75) is 18.4 Å². The molecule has 0 spiro atoms. The fourth-order valence-corrected chi connectivity index (χ4v) is 1.98. The minimum absolute atomic E-state index is 0.0315. The SMILES string of the molecule is COCC(=O)NC1(/C(N)=N/O)CCN(C)CC1. The molecule has 1 aliphatic rings. The van der Waals surface area contributed by atoms with Gasteiger partial charge in [0.25, 0.3) is 0 Å². The fourth-order valence-electron chi connectivity index (χ4n) is 1.98. The van der Waals surface area contributed by atoms with Gasteiger partial charge in [-0.3, -0.25) is 4.79 Å². The van der Waals surface area contributed by atoms with Gasteiger partial charge >= 0.3 is 0 Å². The third-order valence-electron chi connectivity index (χ3n) is 3.09. The third kappa shape index (κ3) is 3.31. The number of piperidine rings is 1. The molecule has 1 aliphatic heterocycles. The molecule has 0 aromatic heterocycles. The Balaban J connectivity index is 2.77. The van der Waals surface area contributed by atoms with Gasteiger partial charge in [0.15, 0.2) is 5.84 Å². The standard InChI is InChI=1S/C10H20N4O3/c1-14-5-3-10(4-6-14,9(11)13-16)12-8(15)7-17-2/h16H,3-7H2,1-2H3,(H2,11,13)(H,12,15). The Hall–Kier alpha value is -1.34. The van der Waals surface area contributed by atoms with E-state index in [4.69, 9.17) is 15.7 Å². The summed E-state index contributed by atoms with van der Waals surface area (Å²) in [5.41, 5.74) is 4.95. The second kappa shape index (κ2) is 5.83. The van der Waals surface area contributed by atoms with Gasteiger partial charge in [-0.25, -0.2) is 0 Å². The number of amides is 1. The van der Waals surface area contributed by atoms with Crippen LogP contribution in [0, 0.1) is 0 Å². The van der Waals surface area contributed by atoms with Crippen LogP contribution in [0.4, 0.5) is 0 Å². The van der Waals surface area contributed by atoms with Crippen LogP contribution in [0.1, 0.15) is 12.8 Å². The molecule has 7 heteroatoms. The largest absolute Gasteiger partial charge is 0.409 e. The normalized spacial score (nSPS) is 21.2. The molecule has 17 heavy (non-hydrogen) atoms. The van der Waals surface area contributed by atoms with Gasteiger partial charge in [0.1, 0.15) is 12.1 Å². The second-order valence-electron chi connectivity index (χ2n) is 4.35. The number of hydrogen-bond acceptors (Lipinski definition) is 5. The Morgan fingerprint density at radius 2 is 2.18 bits per heavy atom. The number of carbonyl (C=O) groups excluding carboxylic acids is 1. The highest BCUT2D eigenvalue weighted by molar-refractivity contribution is 5.94. The molecule has 7 nitrogen and oxygen atoms in total. The van der Waals surface area contributed by atoms with Gasteiger partial charge in [0.05, 0.1) is 0 Å². The van der Waals surface area contributed by atoms with E-state index in [1.807, 2.05) is 7.05 Å². The van der Waals surface area contributed by atoms with Crippen molar-refractivity contribution in [3.8, 4) is 0 Å². The molecular formula is C10H20N4O3. The van der Waals surface area contributed by atoms with Crippen molar-refractivity contribution in [3.05, 3.63) is 0 Å². The van der Waals surface area contributed by atoms with Gasteiger partial charge in [0.2, 0.25) is 5.91 Å². The average Bonchev–Trinajstić information content (AvgIpc) is 2.31. The molecule has 98 valence electrons. The minimum atomic E-state index is -0.753. The summed E-state index contributed by atoms with van der Waals surface area (Å²) in [4.78, 5) is 13.7. The van der Waals surface area contributed by atoms with E-state index in [0.717, 1.165) is 13.1 Å². The highest BCUT2D eigenvalue weighted by Crippen LogP contribution is 2.21. The van der Waals surface area contributed by atoms with Crippen molar-refractivity contribution in [2.24, 2.45) is 10.9 Å². The number of nitrogens with two attached hydrogens (primary N) is 1. The Bertz CT molecular complexity index is 298. The maximum absolute atomic E-state index is 11.6. The van der Waals surface area contributed by atoms with Crippen LogP contribution in [-0.2, 0) is 9.53 Å². The molecule has 0 bridgehead atoms. The number of rotatable bonds is 4. The quantitative estimate of drug-likeness (QED) is 0.254. The Morgan fingerprint density at radius 3 is 2.65 bits per heavy atom. The Kier molecular flexibility index (Phi) is 4.71. The smallest absolute Gasteiger partial charge is 0.246 e. The lowest BCUT2D eigenvalue weighted by Gasteiger charge is -2.40. The lowest BCUT2D eigenvalue weighted by molar-refractivity contribution is -0.126. The van der Waals surface area contributed by atoms with Crippen LogP contribution in [0.5, 0.6) is 0 Å². The molecule has 0 aromatic carbocycles. The first-order valence-corrected chi connectivity index (χ1v) is 5.50. The van der Waals surface area contributed by atoms with E-state index in [1.54, 1.807) is 0 Å². The van der Waals surface area contributed by atoms with Crippen LogP contribution in [0.3, 0.4) is 0 Å². The van der Waals surface area contributed by atoms with Crippen LogP contribution in [-0.4, -0.2) is 61.2 Å². The van der Waals surface area contributed by atoms with Crippen LogP contribution in [0.25, 0.3) is 0 Å². The first-order chi connectivity index (χ1) is 8.04. The van der Waals surface area contributed by atoms with E-state index in [-0.39, 0.29) is 18.3 Å². The van der Waals surface area contributed by atoms with Crippen molar-refractivity contribution in [1.82, 2.24) is 10.2 Å². The summed E-state index contributed by atoms with van der Waals surface area (Å²) < 4.78 is 4.76. The molecule has 0 saturated carbocycles. The zero-order valence-corrected chi connectivity index (χ0v) is 10.3. The molecule has 0 atom stereocenters. The van der Waals surface area contributed by atoms with Crippen LogP contribution >= 0.6 is 0 Å². The number of nitrogens with zero attached hydrogens (tertiary/aromatic N) is 2. The number of ether oxygens (including phenoxy) is 1. The van der Waals surface area contributed by atoms with Gasteiger partial charge < -0.3 is 25.9 Å². The zero-order chi connectivity index (χ0) is 12.9. The van der Waals surface area contributed by atoms with Gasteiger partial charge in [-0.1, -0.05) is 5.16 Å². The van der Waals surface area contributed by atoms with Gasteiger partial charge in [0, 0.05) is 20.2 Å². The number of amidine groups is 1. The minimum Gasteiger partial charge on any atom is -0.409 e. The molecule has 1 rings (SSSR count). The molecule has 0 aromatic rings. The molecule has 0 aliphatic carbocycles. The molecule has 1 fully saturated rings. The van der Waals surface area contributed by atoms with E-state index in [9.17, 15) is 4.79 Å². The first-order valence-electron chi connectivity index (χ1n) is 5.50. The van der Waals surface area contributed by atoms with Gasteiger partial charge in [-0.2, -0.15) is 0 Å². The van der Waals surface area contributed by atoms with Gasteiger partial charge in [-0.15, -0.1) is 0 Å². The number of hydrogen-bond donors (Lipinski definition) is 3. The number of methoxy groups -OCH3 is 1. The summed E-state index contributed by atoms with van der Waals surface area (Å²) in [6, 6.07) is 0. The Labute approximate surface area is 101 Å². The van der Waals surface area contributed by atoms with Crippen molar-refractivity contribution >= 4 is 11.7 Å². The lowest BCUT2D eigenvalue weighted by atomic mass is 9.86. The van der Waals surface area contributed by atoms with Crippen molar-refractivity contribution in [2.75, 3.05) is 33.9 Å². The van der Waals surface area contributed by atoms with E-state index in [1.165, 1.54) is 7.11 Å². The zero-order valence-electron chi connectivity index (χ0n) is 10.3. The maximum Gasteiger partial charge on any atom is 0.246 e. The van der Waals surface area contributed by atoms with Crippen molar-refractivity contribution in [3.63, 3.8) is 0 Å². The van der Waals surface area contributed by atoms with E-state index in [2.05, 4.69) is 15.4 Å². The third-order valence-corrected chi connectivity index (χ3v) is 3.09. The second-order valence-corrected chi connectivity index (χ2v) is 4.35. The molecule has 0 radical (unpaired) electrons. The molecule has 1 heterocycles. The summed E-state index contributed by atoms with van der Waals surface area (Å²) in [5.74, 6) is -0.210. The van der Waals surface area contributed by atoms with Crippen molar-refractivity contribution < 1.29 is 14.7 Å². The molecular weight excluding hydrogens is 224 g/mol. The molecule has 1 amide bonds. The maximum atomic E-state index is 11.6.